The molecule has 24 heavy (non-hydrogen) atoms. The van der Waals surface area contributed by atoms with E-state index in [0.29, 0.717) is 0 Å². The lowest BCUT2D eigenvalue weighted by Gasteiger charge is -2.47. The van der Waals surface area contributed by atoms with Crippen molar-refractivity contribution in [2.45, 2.75) is 37.4 Å². The maximum Gasteiger partial charge on any atom is 0.269 e. The van der Waals surface area contributed by atoms with Crippen LogP contribution in [0.15, 0.2) is 34.6 Å². The molecular formula is C16H22N5O3+. The summed E-state index contributed by atoms with van der Waals surface area (Å²) in [5.41, 5.74) is 0.814. The van der Waals surface area contributed by atoms with Crippen LogP contribution in [-0.4, -0.2) is 42.9 Å². The monoisotopic (exact) mass is 332 g/mol. The molecule has 0 aromatic heterocycles. The second-order valence-corrected chi connectivity index (χ2v) is 6.69. The van der Waals surface area contributed by atoms with Gasteiger partial charge < -0.3 is 9.64 Å². The molecule has 1 aliphatic carbocycles. The molecule has 1 saturated heterocycles. The van der Waals surface area contributed by atoms with Crippen LogP contribution in [0.1, 0.15) is 25.7 Å². The smallest absolute Gasteiger partial charge is 0.269 e. The minimum atomic E-state index is -0.373. The first-order valence-electron chi connectivity index (χ1n) is 8.60. The number of nitrogens with zero attached hydrogens (tertiary/aromatic N) is 4. The molecule has 0 amide bonds. The van der Waals surface area contributed by atoms with Crippen molar-refractivity contribution in [2.75, 3.05) is 31.3 Å². The fourth-order valence-corrected chi connectivity index (χ4v) is 4.34. The number of fused-ring (bicyclic) bond motifs is 1. The van der Waals surface area contributed by atoms with Gasteiger partial charge in [-0.25, -0.2) is 0 Å². The van der Waals surface area contributed by atoms with Gasteiger partial charge in [0.2, 0.25) is 5.66 Å². The highest BCUT2D eigenvalue weighted by molar-refractivity contribution is 5.52. The van der Waals surface area contributed by atoms with Gasteiger partial charge >= 0.3 is 0 Å². The summed E-state index contributed by atoms with van der Waals surface area (Å²) in [7, 11) is 0. The minimum absolute atomic E-state index is 0.0999. The summed E-state index contributed by atoms with van der Waals surface area (Å²) < 4.78 is 5.54. The van der Waals surface area contributed by atoms with E-state index in [4.69, 9.17) is 4.74 Å². The summed E-state index contributed by atoms with van der Waals surface area (Å²) in [5.74, 6) is 0. The van der Waals surface area contributed by atoms with Gasteiger partial charge in [0.05, 0.1) is 23.8 Å². The Morgan fingerprint density at radius 2 is 2.00 bits per heavy atom. The first-order valence-corrected chi connectivity index (χ1v) is 8.60. The lowest BCUT2D eigenvalue weighted by Crippen LogP contribution is -3.25. The maximum absolute atomic E-state index is 10.9. The summed E-state index contributed by atoms with van der Waals surface area (Å²) in [5, 5.41) is 22.0. The van der Waals surface area contributed by atoms with Crippen molar-refractivity contribution in [3.05, 3.63) is 34.4 Å². The molecule has 8 heteroatoms. The summed E-state index contributed by atoms with van der Waals surface area (Å²) >= 11 is 0. The summed E-state index contributed by atoms with van der Waals surface area (Å²) in [4.78, 5) is 12.0. The number of hydrogen-bond acceptors (Lipinski definition) is 6. The zero-order valence-electron chi connectivity index (χ0n) is 13.6. The number of ether oxygens (including phenoxy) is 1. The van der Waals surface area contributed by atoms with Crippen LogP contribution in [0.2, 0.25) is 0 Å². The van der Waals surface area contributed by atoms with Crippen molar-refractivity contribution in [3.63, 3.8) is 0 Å². The van der Waals surface area contributed by atoms with Gasteiger partial charge in [-0.1, -0.05) is 11.6 Å². The van der Waals surface area contributed by atoms with E-state index >= 15 is 0 Å². The Morgan fingerprint density at radius 1 is 1.25 bits per heavy atom. The fourth-order valence-electron chi connectivity index (χ4n) is 4.34. The number of anilines is 1. The maximum atomic E-state index is 10.9. The first-order chi connectivity index (χ1) is 11.7. The molecule has 4 rings (SSSR count). The third-order valence-corrected chi connectivity index (χ3v) is 5.51. The van der Waals surface area contributed by atoms with Crippen LogP contribution < -0.4 is 9.91 Å². The number of nitro benzene ring substituents is 1. The van der Waals surface area contributed by atoms with Crippen molar-refractivity contribution in [2.24, 2.45) is 10.3 Å². The predicted octanol–water partition coefficient (Wildman–Crippen LogP) is 1.34. The Balaban J connectivity index is 1.69. The van der Waals surface area contributed by atoms with E-state index in [1.54, 1.807) is 24.3 Å². The van der Waals surface area contributed by atoms with Gasteiger partial charge in [0.1, 0.15) is 19.1 Å². The quantitative estimate of drug-likeness (QED) is 0.668. The van der Waals surface area contributed by atoms with Crippen molar-refractivity contribution in [3.8, 4) is 0 Å². The molecule has 2 fully saturated rings. The highest BCUT2D eigenvalue weighted by Crippen LogP contribution is 2.40. The largest absolute Gasteiger partial charge is 0.370 e. The molecule has 0 unspecified atom stereocenters. The van der Waals surface area contributed by atoms with E-state index in [-0.39, 0.29) is 22.3 Å². The topological polar surface area (TPSA) is 84.8 Å². The molecule has 1 aromatic rings. The molecule has 2 atom stereocenters. The number of nitro groups is 1. The third-order valence-electron chi connectivity index (χ3n) is 5.51. The van der Waals surface area contributed by atoms with Crippen molar-refractivity contribution in [1.82, 2.24) is 0 Å². The van der Waals surface area contributed by atoms with Crippen LogP contribution in [0, 0.1) is 10.1 Å². The second kappa shape index (κ2) is 6.10. The van der Waals surface area contributed by atoms with Crippen LogP contribution >= 0.6 is 0 Å². The Bertz CT molecular complexity index is 644. The van der Waals surface area contributed by atoms with Gasteiger partial charge in [0.15, 0.2) is 0 Å². The molecule has 0 spiro atoms. The van der Waals surface area contributed by atoms with Gasteiger partial charge in [-0.2, -0.15) is 10.1 Å². The molecule has 1 N–H and O–H groups in total. The van der Waals surface area contributed by atoms with E-state index in [2.05, 4.69) is 10.3 Å². The van der Waals surface area contributed by atoms with E-state index < -0.39 is 0 Å². The number of morpholine rings is 1. The van der Waals surface area contributed by atoms with E-state index in [1.165, 1.54) is 11.3 Å². The highest BCUT2D eigenvalue weighted by Gasteiger charge is 2.58. The average molecular weight is 332 g/mol. The van der Waals surface area contributed by atoms with Gasteiger partial charge in [-0.3, -0.25) is 10.1 Å². The lowest BCUT2D eigenvalue weighted by atomic mass is 9.82. The molecule has 8 nitrogen and oxygen atoms in total. The highest BCUT2D eigenvalue weighted by atomic mass is 16.6. The zero-order valence-corrected chi connectivity index (χ0v) is 13.6. The standard InChI is InChI=1S/C16H21N5O3/c22-21(23)14-6-4-13(5-7-14)20-16(19-9-11-24-12-10-19)8-2-1-3-15(16)17-18-20/h4-7,15H,1-3,8-12H2/p+1/t15-,16-/m1/s1. The third kappa shape index (κ3) is 2.37. The summed E-state index contributed by atoms with van der Waals surface area (Å²) in [6, 6.07) is 6.85. The molecule has 2 aliphatic heterocycles. The van der Waals surface area contributed by atoms with Gasteiger partial charge in [-0.15, -0.1) is 0 Å². The molecular weight excluding hydrogens is 310 g/mol. The van der Waals surface area contributed by atoms with Gasteiger partial charge in [0, 0.05) is 18.6 Å². The Morgan fingerprint density at radius 3 is 2.71 bits per heavy atom. The van der Waals surface area contributed by atoms with E-state index in [1.807, 2.05) is 5.01 Å². The predicted molar refractivity (Wildman–Crippen MR) is 86.9 cm³/mol. The van der Waals surface area contributed by atoms with E-state index in [0.717, 1.165) is 51.3 Å². The average Bonchev–Trinajstić information content (AvgIpc) is 3.03. The number of rotatable bonds is 3. The molecule has 3 aliphatic rings. The van der Waals surface area contributed by atoms with E-state index in [9.17, 15) is 10.1 Å². The number of non-ortho nitro benzene ring substituents is 1. The number of benzene rings is 1. The minimum Gasteiger partial charge on any atom is -0.370 e. The van der Waals surface area contributed by atoms with Crippen LogP contribution in [0.25, 0.3) is 0 Å². The molecule has 0 radical (unpaired) electrons. The fraction of sp³-hybridized carbons (Fsp3) is 0.625. The normalized spacial score (nSPS) is 30.3. The van der Waals surface area contributed by atoms with Crippen LogP contribution in [0.3, 0.4) is 0 Å². The van der Waals surface area contributed by atoms with Crippen LogP contribution in [0.4, 0.5) is 11.4 Å². The number of nitrogens with one attached hydrogen (secondary N) is 1. The first kappa shape index (κ1) is 15.5. The molecule has 128 valence electrons. The zero-order chi connectivity index (χ0) is 16.6. The Kier molecular flexibility index (Phi) is 3.93. The number of hydrogen-bond donors (Lipinski definition) is 1. The Hall–Kier alpha value is -2.06. The molecule has 2 heterocycles. The van der Waals surface area contributed by atoms with Crippen molar-refractivity contribution >= 4 is 11.4 Å². The van der Waals surface area contributed by atoms with Gasteiger partial charge in [-0.05, 0) is 25.0 Å². The second-order valence-electron chi connectivity index (χ2n) is 6.69. The van der Waals surface area contributed by atoms with Gasteiger partial charge in [0.25, 0.3) is 5.69 Å². The summed E-state index contributed by atoms with van der Waals surface area (Å²) in [6.45, 7) is 3.42. The number of quaternary nitrogens is 1. The summed E-state index contributed by atoms with van der Waals surface area (Å²) in [6.07, 6.45) is 4.44. The Labute approximate surface area is 140 Å². The van der Waals surface area contributed by atoms with Crippen molar-refractivity contribution < 1.29 is 14.6 Å². The SMILES string of the molecule is O=[N+]([O-])c1ccc(N2N=N[C@@H]3CCCC[C@]32[NH+]2CCOCC2)cc1. The molecule has 0 bridgehead atoms. The van der Waals surface area contributed by atoms with Crippen LogP contribution in [-0.2, 0) is 4.74 Å². The van der Waals surface area contributed by atoms with Crippen LogP contribution in [0.5, 0.6) is 0 Å². The molecule has 1 aromatic carbocycles. The van der Waals surface area contributed by atoms with Crippen molar-refractivity contribution in [1.29, 1.82) is 0 Å². The lowest BCUT2D eigenvalue weighted by molar-refractivity contribution is -0.960. The molecule has 1 saturated carbocycles.